The smallest absolute Gasteiger partial charge is 0.480 e. The summed E-state index contributed by atoms with van der Waals surface area (Å²) in [5.74, 6) is -2.39. The van der Waals surface area contributed by atoms with Crippen LogP contribution in [-0.2, 0) is 20.7 Å². The van der Waals surface area contributed by atoms with Gasteiger partial charge >= 0.3 is 12.3 Å². The van der Waals surface area contributed by atoms with Crippen LogP contribution in [0.3, 0.4) is 0 Å². The number of hydrogen-bond donors (Lipinski definition) is 2. The summed E-state index contributed by atoms with van der Waals surface area (Å²) in [7, 11) is 1.28. The van der Waals surface area contributed by atoms with Crippen molar-refractivity contribution in [1.82, 2.24) is 5.32 Å². The number of alkyl halides is 3. The van der Waals surface area contributed by atoms with Gasteiger partial charge in [-0.3, -0.25) is 4.79 Å². The summed E-state index contributed by atoms with van der Waals surface area (Å²) in [4.78, 5) is 22.6. The molecule has 1 amide bonds. The van der Waals surface area contributed by atoms with E-state index in [1.807, 2.05) is 0 Å². The zero-order chi connectivity index (χ0) is 16.8. The van der Waals surface area contributed by atoms with Crippen LogP contribution < -0.4 is 10.1 Å². The summed E-state index contributed by atoms with van der Waals surface area (Å²) in [6.07, 6.45) is -5.11. The lowest BCUT2D eigenvalue weighted by Crippen LogP contribution is -2.44. The molecular formula is C13H14F3NO5. The highest BCUT2D eigenvalue weighted by atomic mass is 19.4. The minimum atomic E-state index is -4.83. The second-order valence-electron chi connectivity index (χ2n) is 4.29. The average molecular weight is 321 g/mol. The minimum absolute atomic E-state index is 0.224. The number of ether oxygens (including phenoxy) is 2. The Balaban J connectivity index is 2.68. The summed E-state index contributed by atoms with van der Waals surface area (Å²) >= 11 is 0. The first kappa shape index (κ1) is 17.8. The Hall–Kier alpha value is -2.29. The average Bonchev–Trinajstić information content (AvgIpc) is 2.36. The van der Waals surface area contributed by atoms with Crippen molar-refractivity contribution in [2.45, 2.75) is 18.8 Å². The van der Waals surface area contributed by atoms with Crippen molar-refractivity contribution in [2.75, 3.05) is 13.7 Å². The molecule has 0 bridgehead atoms. The van der Waals surface area contributed by atoms with Crippen molar-refractivity contribution in [1.29, 1.82) is 0 Å². The minimum Gasteiger partial charge on any atom is -0.480 e. The third kappa shape index (κ3) is 6.44. The van der Waals surface area contributed by atoms with E-state index >= 15 is 0 Å². The Labute approximate surface area is 123 Å². The highest BCUT2D eigenvalue weighted by Crippen LogP contribution is 2.23. The fourth-order valence-corrected chi connectivity index (χ4v) is 1.62. The van der Waals surface area contributed by atoms with Crippen molar-refractivity contribution in [3.8, 4) is 5.75 Å². The molecule has 0 heterocycles. The van der Waals surface area contributed by atoms with Crippen LogP contribution in [0.15, 0.2) is 24.3 Å². The van der Waals surface area contributed by atoms with Crippen LogP contribution in [0.1, 0.15) is 5.56 Å². The molecule has 0 aliphatic carbocycles. The van der Waals surface area contributed by atoms with E-state index < -0.39 is 30.0 Å². The van der Waals surface area contributed by atoms with Crippen LogP contribution in [0.5, 0.6) is 5.75 Å². The highest BCUT2D eigenvalue weighted by Gasteiger charge is 2.31. The SMILES string of the molecule is COCC(NC(=O)Cc1cccc(OC(F)(F)F)c1)C(=O)O. The maximum atomic E-state index is 12.1. The van der Waals surface area contributed by atoms with E-state index in [1.54, 1.807) is 0 Å². The van der Waals surface area contributed by atoms with Gasteiger partial charge in [0, 0.05) is 7.11 Å². The van der Waals surface area contributed by atoms with Crippen LogP contribution in [-0.4, -0.2) is 43.1 Å². The van der Waals surface area contributed by atoms with Gasteiger partial charge in [0.15, 0.2) is 6.04 Å². The molecule has 0 aliphatic heterocycles. The monoisotopic (exact) mass is 321 g/mol. The lowest BCUT2D eigenvalue weighted by atomic mass is 10.1. The van der Waals surface area contributed by atoms with Crippen molar-refractivity contribution < 1.29 is 37.3 Å². The zero-order valence-corrected chi connectivity index (χ0v) is 11.5. The van der Waals surface area contributed by atoms with Gasteiger partial charge in [-0.1, -0.05) is 12.1 Å². The van der Waals surface area contributed by atoms with Crippen LogP contribution in [0.25, 0.3) is 0 Å². The quantitative estimate of drug-likeness (QED) is 0.792. The van der Waals surface area contributed by atoms with E-state index in [4.69, 9.17) is 5.11 Å². The predicted molar refractivity (Wildman–Crippen MR) is 68.3 cm³/mol. The van der Waals surface area contributed by atoms with E-state index in [-0.39, 0.29) is 18.6 Å². The molecule has 22 heavy (non-hydrogen) atoms. The molecule has 1 unspecified atom stereocenters. The molecule has 6 nitrogen and oxygen atoms in total. The second-order valence-corrected chi connectivity index (χ2v) is 4.29. The topological polar surface area (TPSA) is 84.9 Å². The Kier molecular flexibility index (Phi) is 6.17. The number of carbonyl (C=O) groups excluding carboxylic acids is 1. The molecule has 0 radical (unpaired) electrons. The Bertz CT molecular complexity index is 533. The first-order valence-corrected chi connectivity index (χ1v) is 6.07. The van der Waals surface area contributed by atoms with Gasteiger partial charge in [-0.05, 0) is 17.7 Å². The van der Waals surface area contributed by atoms with E-state index in [9.17, 15) is 22.8 Å². The molecule has 0 spiro atoms. The summed E-state index contributed by atoms with van der Waals surface area (Å²) in [5, 5.41) is 11.1. The molecule has 1 aromatic carbocycles. The number of rotatable bonds is 7. The van der Waals surface area contributed by atoms with Crippen LogP contribution >= 0.6 is 0 Å². The van der Waals surface area contributed by atoms with Crippen molar-refractivity contribution in [3.63, 3.8) is 0 Å². The predicted octanol–water partition coefficient (Wildman–Crippen LogP) is 1.34. The standard InChI is InChI=1S/C13H14F3NO5/c1-21-7-10(12(19)20)17-11(18)6-8-3-2-4-9(5-8)22-13(14,15)16/h2-5,10H,6-7H2,1H3,(H,17,18)(H,19,20). The lowest BCUT2D eigenvalue weighted by molar-refractivity contribution is -0.274. The fourth-order valence-electron chi connectivity index (χ4n) is 1.62. The van der Waals surface area contributed by atoms with E-state index in [1.165, 1.54) is 19.2 Å². The summed E-state index contributed by atoms with van der Waals surface area (Å²) in [5.41, 5.74) is 0.251. The van der Waals surface area contributed by atoms with Gasteiger partial charge < -0.3 is 19.9 Å². The maximum Gasteiger partial charge on any atom is 0.573 e. The number of halogens is 3. The van der Waals surface area contributed by atoms with Crippen molar-refractivity contribution in [3.05, 3.63) is 29.8 Å². The Morgan fingerprint density at radius 1 is 1.36 bits per heavy atom. The molecule has 0 saturated carbocycles. The Morgan fingerprint density at radius 3 is 2.59 bits per heavy atom. The normalized spacial score (nSPS) is 12.5. The van der Waals surface area contributed by atoms with E-state index in [0.717, 1.165) is 12.1 Å². The number of amides is 1. The van der Waals surface area contributed by atoms with Gasteiger partial charge in [0.25, 0.3) is 0 Å². The fraction of sp³-hybridized carbons (Fsp3) is 0.385. The van der Waals surface area contributed by atoms with Crippen molar-refractivity contribution >= 4 is 11.9 Å². The van der Waals surface area contributed by atoms with Crippen molar-refractivity contribution in [2.24, 2.45) is 0 Å². The number of methoxy groups -OCH3 is 1. The van der Waals surface area contributed by atoms with E-state index in [0.29, 0.717) is 0 Å². The van der Waals surface area contributed by atoms with Gasteiger partial charge in [-0.25, -0.2) is 4.79 Å². The molecule has 0 aromatic heterocycles. The summed E-state index contributed by atoms with van der Waals surface area (Å²) < 4.78 is 44.7. The lowest BCUT2D eigenvalue weighted by Gasteiger charge is -2.14. The van der Waals surface area contributed by atoms with Gasteiger partial charge in [-0.2, -0.15) is 0 Å². The van der Waals surface area contributed by atoms with Gasteiger partial charge in [0.05, 0.1) is 13.0 Å². The van der Waals surface area contributed by atoms with Crippen LogP contribution in [0.4, 0.5) is 13.2 Å². The molecular weight excluding hydrogens is 307 g/mol. The molecule has 9 heteroatoms. The number of nitrogens with one attached hydrogen (secondary N) is 1. The van der Waals surface area contributed by atoms with E-state index in [2.05, 4.69) is 14.8 Å². The zero-order valence-electron chi connectivity index (χ0n) is 11.5. The van der Waals surface area contributed by atoms with Gasteiger partial charge in [0.1, 0.15) is 5.75 Å². The molecule has 0 saturated heterocycles. The first-order valence-electron chi connectivity index (χ1n) is 6.07. The molecule has 1 aromatic rings. The summed E-state index contributed by atoms with van der Waals surface area (Å²) in [6.45, 7) is -0.224. The number of hydrogen-bond acceptors (Lipinski definition) is 4. The molecule has 0 fully saturated rings. The molecule has 0 aliphatic rings. The first-order chi connectivity index (χ1) is 10.2. The number of carboxylic acid groups (broad SMARTS) is 1. The molecule has 2 N–H and O–H groups in total. The van der Waals surface area contributed by atoms with Crippen LogP contribution in [0.2, 0.25) is 0 Å². The second kappa shape index (κ2) is 7.64. The molecule has 1 atom stereocenters. The largest absolute Gasteiger partial charge is 0.573 e. The molecule has 1 rings (SSSR count). The third-order valence-corrected chi connectivity index (χ3v) is 2.46. The highest BCUT2D eigenvalue weighted by molar-refractivity contribution is 5.85. The van der Waals surface area contributed by atoms with Gasteiger partial charge in [-0.15, -0.1) is 13.2 Å². The van der Waals surface area contributed by atoms with Crippen LogP contribution in [0, 0.1) is 0 Å². The third-order valence-electron chi connectivity index (χ3n) is 2.46. The summed E-state index contributed by atoms with van der Waals surface area (Å²) in [6, 6.07) is 3.65. The Morgan fingerprint density at radius 2 is 2.05 bits per heavy atom. The van der Waals surface area contributed by atoms with Gasteiger partial charge in [0.2, 0.25) is 5.91 Å². The number of carbonyl (C=O) groups is 2. The maximum absolute atomic E-state index is 12.1. The number of benzene rings is 1. The molecule has 122 valence electrons. The number of carboxylic acids is 1. The number of aliphatic carboxylic acids is 1.